The Balaban J connectivity index is 2.33. The van der Waals surface area contributed by atoms with Gasteiger partial charge in [0.15, 0.2) is 0 Å². The maximum atomic E-state index is 5.45. The van der Waals surface area contributed by atoms with Crippen LogP contribution in [0.4, 0.5) is 0 Å². The molecule has 12 heavy (non-hydrogen) atoms. The number of nitrogens with two attached hydrogens (primary N) is 1. The van der Waals surface area contributed by atoms with E-state index in [4.69, 9.17) is 5.73 Å². The Hall–Kier alpha value is -1.00. The van der Waals surface area contributed by atoms with Crippen molar-refractivity contribution in [3.05, 3.63) is 24.0 Å². The van der Waals surface area contributed by atoms with Crippen LogP contribution in [-0.2, 0) is 6.54 Å². The standard InChI is InChI=1S/C8H14N4/c1-7(4-9)10-5-8-2-3-11-12-6-8/h2-3,6-7,10H,4-5,9H2,1H3/t7-/m0/s1. The van der Waals surface area contributed by atoms with Gasteiger partial charge in [-0.25, -0.2) is 0 Å². The molecule has 66 valence electrons. The van der Waals surface area contributed by atoms with E-state index >= 15 is 0 Å². The number of rotatable bonds is 4. The Kier molecular flexibility index (Phi) is 3.63. The van der Waals surface area contributed by atoms with E-state index in [-0.39, 0.29) is 0 Å². The maximum absolute atomic E-state index is 5.45. The Bertz CT molecular complexity index is 212. The van der Waals surface area contributed by atoms with Crippen molar-refractivity contribution in [1.82, 2.24) is 15.5 Å². The van der Waals surface area contributed by atoms with Crippen LogP contribution >= 0.6 is 0 Å². The van der Waals surface area contributed by atoms with Crippen molar-refractivity contribution < 1.29 is 0 Å². The predicted octanol–water partition coefficient (Wildman–Crippen LogP) is -0.0866. The van der Waals surface area contributed by atoms with E-state index in [2.05, 4.69) is 22.4 Å². The summed E-state index contributed by atoms with van der Waals surface area (Å²) in [6.45, 7) is 3.50. The van der Waals surface area contributed by atoms with Crippen LogP contribution in [0.2, 0.25) is 0 Å². The van der Waals surface area contributed by atoms with Crippen LogP contribution in [0, 0.1) is 0 Å². The van der Waals surface area contributed by atoms with Gasteiger partial charge in [-0.1, -0.05) is 0 Å². The second-order valence-corrected chi connectivity index (χ2v) is 2.77. The third kappa shape index (κ3) is 2.94. The van der Waals surface area contributed by atoms with Crippen LogP contribution in [0.15, 0.2) is 18.5 Å². The number of nitrogens with one attached hydrogen (secondary N) is 1. The van der Waals surface area contributed by atoms with Gasteiger partial charge in [0.25, 0.3) is 0 Å². The molecule has 0 aliphatic rings. The minimum atomic E-state index is 0.346. The van der Waals surface area contributed by atoms with Gasteiger partial charge < -0.3 is 11.1 Å². The zero-order valence-electron chi connectivity index (χ0n) is 7.20. The molecule has 1 aromatic heterocycles. The second kappa shape index (κ2) is 4.79. The Morgan fingerprint density at radius 1 is 1.58 bits per heavy atom. The molecule has 0 radical (unpaired) electrons. The zero-order chi connectivity index (χ0) is 8.81. The van der Waals surface area contributed by atoms with Crippen molar-refractivity contribution in [3.63, 3.8) is 0 Å². The average Bonchev–Trinajstić information content (AvgIpc) is 2.16. The summed E-state index contributed by atoms with van der Waals surface area (Å²) in [6, 6.07) is 2.28. The first-order chi connectivity index (χ1) is 5.83. The number of hydrogen-bond acceptors (Lipinski definition) is 4. The molecule has 0 aliphatic heterocycles. The lowest BCUT2D eigenvalue weighted by atomic mass is 10.3. The predicted molar refractivity (Wildman–Crippen MR) is 47.4 cm³/mol. The normalized spacial score (nSPS) is 12.8. The summed E-state index contributed by atoms with van der Waals surface area (Å²) in [7, 11) is 0. The summed E-state index contributed by atoms with van der Waals surface area (Å²) < 4.78 is 0. The number of aromatic nitrogens is 2. The first-order valence-electron chi connectivity index (χ1n) is 4.02. The summed E-state index contributed by atoms with van der Waals surface area (Å²) >= 11 is 0. The molecule has 0 bridgehead atoms. The van der Waals surface area contributed by atoms with Gasteiger partial charge in [-0.3, -0.25) is 0 Å². The zero-order valence-corrected chi connectivity index (χ0v) is 7.20. The van der Waals surface area contributed by atoms with Gasteiger partial charge in [0.05, 0.1) is 6.20 Å². The van der Waals surface area contributed by atoms with Crippen LogP contribution in [0.25, 0.3) is 0 Å². The molecular formula is C8H14N4. The Morgan fingerprint density at radius 2 is 2.42 bits per heavy atom. The second-order valence-electron chi connectivity index (χ2n) is 2.77. The lowest BCUT2D eigenvalue weighted by molar-refractivity contribution is 0.555. The van der Waals surface area contributed by atoms with Gasteiger partial charge in [-0.15, -0.1) is 0 Å². The molecular weight excluding hydrogens is 152 g/mol. The fourth-order valence-corrected chi connectivity index (χ4v) is 0.798. The van der Waals surface area contributed by atoms with Gasteiger partial charge in [-0.2, -0.15) is 10.2 Å². The molecule has 0 saturated carbocycles. The Labute approximate surface area is 72.2 Å². The molecule has 1 heterocycles. The van der Waals surface area contributed by atoms with Gasteiger partial charge in [-0.05, 0) is 18.6 Å². The lowest BCUT2D eigenvalue weighted by Crippen LogP contribution is -2.32. The highest BCUT2D eigenvalue weighted by Crippen LogP contribution is 1.93. The molecule has 4 nitrogen and oxygen atoms in total. The first-order valence-corrected chi connectivity index (χ1v) is 4.02. The van der Waals surface area contributed by atoms with Crippen molar-refractivity contribution in [2.45, 2.75) is 19.5 Å². The summed E-state index contributed by atoms with van der Waals surface area (Å²) in [5.41, 5.74) is 6.58. The molecule has 0 unspecified atom stereocenters. The monoisotopic (exact) mass is 166 g/mol. The molecule has 3 N–H and O–H groups in total. The van der Waals surface area contributed by atoms with Gasteiger partial charge in [0, 0.05) is 25.3 Å². The lowest BCUT2D eigenvalue weighted by Gasteiger charge is -2.09. The van der Waals surface area contributed by atoms with Crippen molar-refractivity contribution in [1.29, 1.82) is 0 Å². The third-order valence-electron chi connectivity index (χ3n) is 1.65. The Morgan fingerprint density at radius 3 is 3.00 bits per heavy atom. The third-order valence-corrected chi connectivity index (χ3v) is 1.65. The van der Waals surface area contributed by atoms with Crippen LogP contribution < -0.4 is 11.1 Å². The van der Waals surface area contributed by atoms with Crippen LogP contribution in [0.5, 0.6) is 0 Å². The van der Waals surface area contributed by atoms with E-state index in [1.54, 1.807) is 12.4 Å². The maximum Gasteiger partial charge on any atom is 0.0541 e. The summed E-state index contributed by atoms with van der Waals surface area (Å²) in [4.78, 5) is 0. The fourth-order valence-electron chi connectivity index (χ4n) is 0.798. The minimum Gasteiger partial charge on any atom is -0.329 e. The number of hydrogen-bond donors (Lipinski definition) is 2. The van der Waals surface area contributed by atoms with Crippen molar-refractivity contribution >= 4 is 0 Å². The fraction of sp³-hybridized carbons (Fsp3) is 0.500. The first kappa shape index (κ1) is 9.09. The highest BCUT2D eigenvalue weighted by atomic mass is 15.1. The SMILES string of the molecule is C[C@@H](CN)NCc1ccnnc1. The smallest absolute Gasteiger partial charge is 0.0541 e. The van der Waals surface area contributed by atoms with Gasteiger partial charge in [0.2, 0.25) is 0 Å². The van der Waals surface area contributed by atoms with E-state index in [1.165, 1.54) is 0 Å². The number of nitrogens with zero attached hydrogens (tertiary/aromatic N) is 2. The molecule has 1 aromatic rings. The molecule has 0 saturated heterocycles. The van der Waals surface area contributed by atoms with Crippen LogP contribution in [-0.4, -0.2) is 22.8 Å². The molecule has 0 aliphatic carbocycles. The molecule has 0 fully saturated rings. The molecule has 0 spiro atoms. The van der Waals surface area contributed by atoms with Crippen molar-refractivity contribution in [2.75, 3.05) is 6.54 Å². The van der Waals surface area contributed by atoms with Crippen molar-refractivity contribution in [2.24, 2.45) is 5.73 Å². The van der Waals surface area contributed by atoms with Crippen LogP contribution in [0.1, 0.15) is 12.5 Å². The largest absolute Gasteiger partial charge is 0.329 e. The summed E-state index contributed by atoms with van der Waals surface area (Å²) in [6.07, 6.45) is 3.43. The molecule has 4 heteroatoms. The van der Waals surface area contributed by atoms with E-state index < -0.39 is 0 Å². The van der Waals surface area contributed by atoms with E-state index in [1.807, 2.05) is 6.07 Å². The van der Waals surface area contributed by atoms with E-state index in [0.717, 1.165) is 12.1 Å². The molecule has 1 rings (SSSR count). The van der Waals surface area contributed by atoms with Crippen LogP contribution in [0.3, 0.4) is 0 Å². The highest BCUT2D eigenvalue weighted by molar-refractivity contribution is 5.04. The quantitative estimate of drug-likeness (QED) is 0.656. The molecule has 1 atom stereocenters. The summed E-state index contributed by atoms with van der Waals surface area (Å²) in [5, 5.41) is 10.7. The topological polar surface area (TPSA) is 63.8 Å². The van der Waals surface area contributed by atoms with Gasteiger partial charge in [0.1, 0.15) is 0 Å². The van der Waals surface area contributed by atoms with Crippen molar-refractivity contribution in [3.8, 4) is 0 Å². The minimum absolute atomic E-state index is 0.346. The summed E-state index contributed by atoms with van der Waals surface area (Å²) in [5.74, 6) is 0. The van der Waals surface area contributed by atoms with E-state index in [9.17, 15) is 0 Å². The highest BCUT2D eigenvalue weighted by Gasteiger charge is 1.97. The molecule has 0 aromatic carbocycles. The molecule has 0 amide bonds. The van der Waals surface area contributed by atoms with E-state index in [0.29, 0.717) is 12.6 Å². The van der Waals surface area contributed by atoms with Gasteiger partial charge >= 0.3 is 0 Å². The average molecular weight is 166 g/mol.